The van der Waals surface area contributed by atoms with Crippen LogP contribution in [-0.2, 0) is 16.0 Å². The van der Waals surface area contributed by atoms with E-state index in [1.807, 2.05) is 60.7 Å². The molecule has 22 heavy (non-hydrogen) atoms. The summed E-state index contributed by atoms with van der Waals surface area (Å²) in [5.74, 6) is -0.445. The number of carbonyl (C=O) groups is 2. The van der Waals surface area contributed by atoms with E-state index < -0.39 is 12.1 Å². The number of hydrogen-bond acceptors (Lipinski definition) is 3. The van der Waals surface area contributed by atoms with Crippen molar-refractivity contribution in [3.63, 3.8) is 0 Å². The van der Waals surface area contributed by atoms with Crippen LogP contribution in [0.3, 0.4) is 0 Å². The fraction of sp³-hybridized carbons (Fsp3) is 0.222. The molecule has 4 heteroatoms. The van der Waals surface area contributed by atoms with Crippen LogP contribution in [0.15, 0.2) is 60.7 Å². The van der Waals surface area contributed by atoms with Gasteiger partial charge in [-0.2, -0.15) is 0 Å². The zero-order valence-corrected chi connectivity index (χ0v) is 12.5. The molecule has 2 rings (SSSR count). The van der Waals surface area contributed by atoms with Crippen molar-refractivity contribution in [2.75, 3.05) is 0 Å². The van der Waals surface area contributed by atoms with Gasteiger partial charge in [0.25, 0.3) is 0 Å². The van der Waals surface area contributed by atoms with Gasteiger partial charge in [0.2, 0.25) is 5.91 Å². The van der Waals surface area contributed by atoms with Gasteiger partial charge in [-0.05, 0) is 24.5 Å². The van der Waals surface area contributed by atoms with Crippen LogP contribution in [0.5, 0.6) is 0 Å². The summed E-state index contributed by atoms with van der Waals surface area (Å²) in [7, 11) is 0. The molecule has 0 aromatic heterocycles. The first kappa shape index (κ1) is 15.9. The molecule has 3 N–H and O–H groups in total. The third kappa shape index (κ3) is 4.27. The van der Waals surface area contributed by atoms with E-state index in [2.05, 4.69) is 5.32 Å². The van der Waals surface area contributed by atoms with Gasteiger partial charge >= 0.3 is 0 Å². The molecule has 114 valence electrons. The molecule has 0 aliphatic heterocycles. The molecule has 2 aromatic carbocycles. The van der Waals surface area contributed by atoms with E-state index in [0.29, 0.717) is 6.42 Å². The SMILES string of the molecule is CC(=O)C(NC(=O)C(N)Cc1ccccc1)c1ccccc1. The van der Waals surface area contributed by atoms with Crippen molar-refractivity contribution in [2.24, 2.45) is 5.73 Å². The lowest BCUT2D eigenvalue weighted by Gasteiger charge is -2.19. The van der Waals surface area contributed by atoms with Gasteiger partial charge < -0.3 is 11.1 Å². The molecule has 0 heterocycles. The second-order valence-electron chi connectivity index (χ2n) is 5.26. The fourth-order valence-corrected chi connectivity index (χ4v) is 2.28. The number of ketones is 1. The van der Waals surface area contributed by atoms with Crippen molar-refractivity contribution < 1.29 is 9.59 Å². The molecule has 0 saturated carbocycles. The average Bonchev–Trinajstić information content (AvgIpc) is 2.53. The summed E-state index contributed by atoms with van der Waals surface area (Å²) < 4.78 is 0. The maximum absolute atomic E-state index is 12.2. The molecule has 2 unspecified atom stereocenters. The maximum atomic E-state index is 12.2. The maximum Gasteiger partial charge on any atom is 0.238 e. The van der Waals surface area contributed by atoms with E-state index in [1.165, 1.54) is 6.92 Å². The summed E-state index contributed by atoms with van der Waals surface area (Å²) in [6.07, 6.45) is 0.437. The molecule has 2 atom stereocenters. The molecule has 0 aliphatic rings. The number of rotatable bonds is 6. The standard InChI is InChI=1S/C18H20N2O2/c1-13(21)17(15-10-6-3-7-11-15)20-18(22)16(19)12-14-8-4-2-5-9-14/h2-11,16-17H,12,19H2,1H3,(H,20,22). The number of hydrogen-bond donors (Lipinski definition) is 2. The Bertz CT molecular complexity index is 626. The number of Topliss-reactive ketones (excluding diaryl/α,β-unsaturated/α-hetero) is 1. The molecule has 1 amide bonds. The highest BCUT2D eigenvalue weighted by Gasteiger charge is 2.22. The Morgan fingerprint density at radius 1 is 1.00 bits per heavy atom. The molecule has 0 bridgehead atoms. The summed E-state index contributed by atoms with van der Waals surface area (Å²) >= 11 is 0. The van der Waals surface area contributed by atoms with Gasteiger partial charge in [0, 0.05) is 0 Å². The summed E-state index contributed by atoms with van der Waals surface area (Å²) in [4.78, 5) is 24.1. The minimum absolute atomic E-state index is 0.119. The van der Waals surface area contributed by atoms with Crippen molar-refractivity contribution in [3.05, 3.63) is 71.8 Å². The highest BCUT2D eigenvalue weighted by atomic mass is 16.2. The Kier molecular flexibility index (Phi) is 5.44. The van der Waals surface area contributed by atoms with Crippen LogP contribution in [0.4, 0.5) is 0 Å². The van der Waals surface area contributed by atoms with E-state index in [0.717, 1.165) is 11.1 Å². The Balaban J connectivity index is 2.04. The zero-order valence-electron chi connectivity index (χ0n) is 12.5. The lowest BCUT2D eigenvalue weighted by Crippen LogP contribution is -2.45. The number of nitrogens with one attached hydrogen (secondary N) is 1. The lowest BCUT2D eigenvalue weighted by molar-refractivity contribution is -0.127. The first-order valence-corrected chi connectivity index (χ1v) is 7.23. The van der Waals surface area contributed by atoms with Gasteiger partial charge in [0.15, 0.2) is 5.78 Å². The van der Waals surface area contributed by atoms with Gasteiger partial charge in [0.1, 0.15) is 6.04 Å². The number of benzene rings is 2. The van der Waals surface area contributed by atoms with Crippen molar-refractivity contribution in [2.45, 2.75) is 25.4 Å². The second-order valence-corrected chi connectivity index (χ2v) is 5.26. The molecule has 0 saturated heterocycles. The third-order valence-corrected chi connectivity index (χ3v) is 3.46. The largest absolute Gasteiger partial charge is 0.341 e. The minimum Gasteiger partial charge on any atom is -0.341 e. The van der Waals surface area contributed by atoms with Gasteiger partial charge in [0.05, 0.1) is 6.04 Å². The molecule has 0 aliphatic carbocycles. The van der Waals surface area contributed by atoms with E-state index in [4.69, 9.17) is 5.73 Å². The molecule has 4 nitrogen and oxygen atoms in total. The van der Waals surface area contributed by atoms with Crippen molar-refractivity contribution in [3.8, 4) is 0 Å². The van der Waals surface area contributed by atoms with Gasteiger partial charge in [-0.1, -0.05) is 60.7 Å². The monoisotopic (exact) mass is 296 g/mol. The second kappa shape index (κ2) is 7.52. The Labute approximate surface area is 130 Å². The normalized spacial score (nSPS) is 13.2. The first-order valence-electron chi connectivity index (χ1n) is 7.23. The average molecular weight is 296 g/mol. The molecular formula is C18H20N2O2. The molecule has 0 spiro atoms. The number of carbonyl (C=O) groups excluding carboxylic acids is 2. The van der Waals surface area contributed by atoms with E-state index in [9.17, 15) is 9.59 Å². The lowest BCUT2D eigenvalue weighted by atomic mass is 10.0. The van der Waals surface area contributed by atoms with E-state index in [-0.39, 0.29) is 11.7 Å². The third-order valence-electron chi connectivity index (χ3n) is 3.46. The van der Waals surface area contributed by atoms with Gasteiger partial charge in [-0.15, -0.1) is 0 Å². The van der Waals surface area contributed by atoms with Crippen molar-refractivity contribution in [1.82, 2.24) is 5.32 Å². The van der Waals surface area contributed by atoms with Crippen LogP contribution in [0.2, 0.25) is 0 Å². The Morgan fingerprint density at radius 2 is 1.55 bits per heavy atom. The Morgan fingerprint density at radius 3 is 2.09 bits per heavy atom. The van der Waals surface area contributed by atoms with Gasteiger partial charge in [-0.25, -0.2) is 0 Å². The van der Waals surface area contributed by atoms with Crippen LogP contribution in [0.1, 0.15) is 24.1 Å². The van der Waals surface area contributed by atoms with Crippen LogP contribution in [0, 0.1) is 0 Å². The summed E-state index contributed by atoms with van der Waals surface area (Å²) in [5.41, 5.74) is 7.70. The highest BCUT2D eigenvalue weighted by molar-refractivity contribution is 5.90. The quantitative estimate of drug-likeness (QED) is 0.856. The van der Waals surface area contributed by atoms with Crippen LogP contribution in [-0.4, -0.2) is 17.7 Å². The summed E-state index contributed by atoms with van der Waals surface area (Å²) in [5, 5.41) is 2.74. The summed E-state index contributed by atoms with van der Waals surface area (Å²) in [6.45, 7) is 1.46. The van der Waals surface area contributed by atoms with Crippen LogP contribution in [0.25, 0.3) is 0 Å². The van der Waals surface area contributed by atoms with Crippen molar-refractivity contribution in [1.29, 1.82) is 0 Å². The molecule has 0 radical (unpaired) electrons. The molecular weight excluding hydrogens is 276 g/mol. The smallest absolute Gasteiger partial charge is 0.238 e. The van der Waals surface area contributed by atoms with Crippen LogP contribution < -0.4 is 11.1 Å². The highest BCUT2D eigenvalue weighted by Crippen LogP contribution is 2.14. The number of nitrogens with two attached hydrogens (primary N) is 1. The fourth-order valence-electron chi connectivity index (χ4n) is 2.28. The van der Waals surface area contributed by atoms with Gasteiger partial charge in [-0.3, -0.25) is 9.59 Å². The molecule has 2 aromatic rings. The van der Waals surface area contributed by atoms with E-state index >= 15 is 0 Å². The minimum atomic E-state index is -0.687. The zero-order chi connectivity index (χ0) is 15.9. The van der Waals surface area contributed by atoms with Crippen LogP contribution >= 0.6 is 0 Å². The Hall–Kier alpha value is -2.46. The van der Waals surface area contributed by atoms with Crippen molar-refractivity contribution >= 4 is 11.7 Å². The molecule has 0 fully saturated rings. The summed E-state index contributed by atoms with van der Waals surface area (Å²) in [6, 6.07) is 17.4. The van der Waals surface area contributed by atoms with E-state index in [1.54, 1.807) is 0 Å². The topological polar surface area (TPSA) is 72.2 Å². The predicted molar refractivity (Wildman–Crippen MR) is 86.1 cm³/mol. The predicted octanol–water partition coefficient (Wildman–Crippen LogP) is 2.00. The number of amides is 1. The first-order chi connectivity index (χ1) is 10.6.